The molecule has 1 aromatic carbocycles. The Bertz CT molecular complexity index is 792. The molecule has 6 heteroatoms. The van der Waals surface area contributed by atoms with E-state index in [1.807, 2.05) is 24.3 Å². The Balaban J connectivity index is 1.99. The van der Waals surface area contributed by atoms with Gasteiger partial charge in [-0.1, -0.05) is 20.8 Å². The van der Waals surface area contributed by atoms with Gasteiger partial charge in [0, 0.05) is 34.2 Å². The molecule has 0 atom stereocenters. The number of hydrogen-bond acceptors (Lipinski definition) is 6. The van der Waals surface area contributed by atoms with Gasteiger partial charge in [-0.05, 0) is 24.3 Å². The van der Waals surface area contributed by atoms with Gasteiger partial charge in [-0.2, -0.15) is 9.36 Å². The van der Waals surface area contributed by atoms with Crippen molar-refractivity contribution in [2.75, 3.05) is 5.73 Å². The Morgan fingerprint density at radius 2 is 2.00 bits per heavy atom. The zero-order valence-electron chi connectivity index (χ0n) is 12.1. The summed E-state index contributed by atoms with van der Waals surface area (Å²) in [6.07, 6.45) is 1.72. The van der Waals surface area contributed by atoms with Crippen molar-refractivity contribution in [3.63, 3.8) is 0 Å². The van der Waals surface area contributed by atoms with Crippen molar-refractivity contribution in [3.8, 4) is 10.9 Å². The van der Waals surface area contributed by atoms with Crippen LogP contribution in [-0.4, -0.2) is 14.3 Å². The van der Waals surface area contributed by atoms with E-state index in [0.29, 0.717) is 16.6 Å². The van der Waals surface area contributed by atoms with Crippen molar-refractivity contribution >= 4 is 28.1 Å². The number of fused-ring (bicyclic) bond motifs is 1. The molecule has 0 saturated heterocycles. The molecule has 0 unspecified atom stereocenters. The quantitative estimate of drug-likeness (QED) is 0.729. The van der Waals surface area contributed by atoms with Gasteiger partial charge < -0.3 is 10.5 Å². The van der Waals surface area contributed by atoms with E-state index in [4.69, 9.17) is 10.5 Å². The SMILES string of the molecule is CC(C)(C)c1nsc(Oc2ccc(N)c3cccnc23)n1. The molecule has 108 valence electrons. The molecule has 0 fully saturated rings. The highest BCUT2D eigenvalue weighted by atomic mass is 32.1. The van der Waals surface area contributed by atoms with E-state index in [2.05, 4.69) is 35.1 Å². The maximum Gasteiger partial charge on any atom is 0.298 e. The molecule has 2 aromatic heterocycles. The summed E-state index contributed by atoms with van der Waals surface area (Å²) in [5, 5.41) is 1.38. The molecule has 21 heavy (non-hydrogen) atoms. The van der Waals surface area contributed by atoms with Gasteiger partial charge >= 0.3 is 0 Å². The third-order valence-corrected chi connectivity index (χ3v) is 3.64. The van der Waals surface area contributed by atoms with Crippen LogP contribution in [0.15, 0.2) is 30.5 Å². The maximum absolute atomic E-state index is 5.96. The Hall–Kier alpha value is -2.21. The predicted octanol–water partition coefficient (Wildman–Crippen LogP) is 3.76. The topological polar surface area (TPSA) is 73.9 Å². The minimum absolute atomic E-state index is 0.0977. The van der Waals surface area contributed by atoms with Crippen molar-refractivity contribution < 1.29 is 4.74 Å². The first-order valence-electron chi connectivity index (χ1n) is 6.60. The summed E-state index contributed by atoms with van der Waals surface area (Å²) in [7, 11) is 0. The normalized spacial score (nSPS) is 11.8. The molecule has 0 bridgehead atoms. The second-order valence-electron chi connectivity index (χ2n) is 5.79. The molecule has 0 radical (unpaired) electrons. The molecule has 0 aliphatic carbocycles. The van der Waals surface area contributed by atoms with Gasteiger partial charge in [-0.15, -0.1) is 0 Å². The first-order valence-corrected chi connectivity index (χ1v) is 7.38. The lowest BCUT2D eigenvalue weighted by Gasteiger charge is -2.12. The molecule has 2 heterocycles. The number of hydrogen-bond donors (Lipinski definition) is 1. The fourth-order valence-corrected chi connectivity index (χ4v) is 2.63. The van der Waals surface area contributed by atoms with Crippen molar-refractivity contribution in [2.45, 2.75) is 26.2 Å². The minimum atomic E-state index is -0.0977. The summed E-state index contributed by atoms with van der Waals surface area (Å²) in [6.45, 7) is 6.21. The second kappa shape index (κ2) is 4.96. The highest BCUT2D eigenvalue weighted by Crippen LogP contribution is 2.33. The summed E-state index contributed by atoms with van der Waals surface area (Å²) in [5.74, 6) is 1.41. The summed E-state index contributed by atoms with van der Waals surface area (Å²) in [4.78, 5) is 8.78. The van der Waals surface area contributed by atoms with Crippen LogP contribution >= 0.6 is 11.5 Å². The molecular weight excluding hydrogens is 284 g/mol. The Kier molecular flexibility index (Phi) is 3.25. The van der Waals surface area contributed by atoms with Crippen LogP contribution in [0.3, 0.4) is 0 Å². The van der Waals surface area contributed by atoms with Gasteiger partial charge in [0.25, 0.3) is 5.19 Å². The second-order valence-corrected chi connectivity index (χ2v) is 6.50. The third-order valence-electron chi connectivity index (χ3n) is 3.04. The largest absolute Gasteiger partial charge is 0.428 e. The van der Waals surface area contributed by atoms with Crippen LogP contribution < -0.4 is 10.5 Å². The van der Waals surface area contributed by atoms with Crippen LogP contribution in [-0.2, 0) is 5.41 Å². The number of nitrogens with zero attached hydrogens (tertiary/aromatic N) is 3. The summed E-state index contributed by atoms with van der Waals surface area (Å²) in [5.41, 5.74) is 7.27. The van der Waals surface area contributed by atoms with Gasteiger partial charge in [0.15, 0.2) is 11.6 Å². The lowest BCUT2D eigenvalue weighted by atomic mass is 9.96. The average molecular weight is 300 g/mol. The zero-order chi connectivity index (χ0) is 15.0. The number of aromatic nitrogens is 3. The van der Waals surface area contributed by atoms with Gasteiger partial charge in [0.05, 0.1) is 0 Å². The zero-order valence-corrected chi connectivity index (χ0v) is 12.9. The van der Waals surface area contributed by atoms with Crippen LogP contribution in [0.1, 0.15) is 26.6 Å². The number of pyridine rings is 1. The van der Waals surface area contributed by atoms with Gasteiger partial charge in [-0.25, -0.2) is 0 Å². The number of rotatable bonds is 2. The minimum Gasteiger partial charge on any atom is -0.428 e. The third kappa shape index (κ3) is 2.67. The first-order chi connectivity index (χ1) is 9.95. The molecular formula is C15H16N4OS. The van der Waals surface area contributed by atoms with Gasteiger partial charge in [0.1, 0.15) is 5.52 Å². The van der Waals surface area contributed by atoms with E-state index in [-0.39, 0.29) is 5.41 Å². The van der Waals surface area contributed by atoms with E-state index >= 15 is 0 Å². The molecule has 2 N–H and O–H groups in total. The van der Waals surface area contributed by atoms with Crippen molar-refractivity contribution in [3.05, 3.63) is 36.3 Å². The van der Waals surface area contributed by atoms with Crippen molar-refractivity contribution in [1.82, 2.24) is 14.3 Å². The van der Waals surface area contributed by atoms with Gasteiger partial charge in [0.2, 0.25) is 0 Å². The lowest BCUT2D eigenvalue weighted by Crippen LogP contribution is -2.12. The van der Waals surface area contributed by atoms with E-state index in [1.54, 1.807) is 6.20 Å². The molecule has 0 aliphatic rings. The average Bonchev–Trinajstić information content (AvgIpc) is 2.91. The van der Waals surface area contributed by atoms with Crippen molar-refractivity contribution in [2.24, 2.45) is 0 Å². The monoisotopic (exact) mass is 300 g/mol. The van der Waals surface area contributed by atoms with E-state index in [1.165, 1.54) is 11.5 Å². The van der Waals surface area contributed by atoms with E-state index < -0.39 is 0 Å². The molecule has 5 nitrogen and oxygen atoms in total. The first kappa shape index (κ1) is 13.8. The van der Waals surface area contributed by atoms with Crippen LogP contribution in [0, 0.1) is 0 Å². The molecule has 3 aromatic rings. The number of nitrogen functional groups attached to an aromatic ring is 1. The number of nitrogens with two attached hydrogens (primary N) is 1. The molecule has 0 aliphatic heterocycles. The fraction of sp³-hybridized carbons (Fsp3) is 0.267. The lowest BCUT2D eigenvalue weighted by molar-refractivity contribution is 0.472. The maximum atomic E-state index is 5.96. The number of ether oxygens (including phenoxy) is 1. The number of anilines is 1. The standard InChI is InChI=1S/C15H16N4OS/c1-15(2,3)13-18-14(21-19-13)20-11-7-6-10(16)9-5-4-8-17-12(9)11/h4-8H,16H2,1-3H3. The van der Waals surface area contributed by atoms with Gasteiger partial charge in [-0.3, -0.25) is 4.98 Å². The van der Waals surface area contributed by atoms with Crippen LogP contribution in [0.25, 0.3) is 10.9 Å². The van der Waals surface area contributed by atoms with Crippen LogP contribution in [0.5, 0.6) is 10.9 Å². The number of benzene rings is 1. The predicted molar refractivity (Wildman–Crippen MR) is 84.8 cm³/mol. The van der Waals surface area contributed by atoms with E-state index in [0.717, 1.165) is 16.7 Å². The van der Waals surface area contributed by atoms with Crippen LogP contribution in [0.2, 0.25) is 0 Å². The fourth-order valence-electron chi connectivity index (χ4n) is 1.90. The highest BCUT2D eigenvalue weighted by Gasteiger charge is 2.20. The van der Waals surface area contributed by atoms with Crippen LogP contribution in [0.4, 0.5) is 5.69 Å². The molecule has 0 saturated carbocycles. The Morgan fingerprint density at radius 1 is 1.19 bits per heavy atom. The Labute approximate surface area is 127 Å². The highest BCUT2D eigenvalue weighted by molar-refractivity contribution is 7.07. The summed E-state index contributed by atoms with van der Waals surface area (Å²) >= 11 is 1.24. The summed E-state index contributed by atoms with van der Waals surface area (Å²) < 4.78 is 10.2. The van der Waals surface area contributed by atoms with Crippen molar-refractivity contribution in [1.29, 1.82) is 0 Å². The molecule has 0 spiro atoms. The van der Waals surface area contributed by atoms with E-state index in [9.17, 15) is 0 Å². The summed E-state index contributed by atoms with van der Waals surface area (Å²) in [6, 6.07) is 7.39. The molecule has 3 rings (SSSR count). The smallest absolute Gasteiger partial charge is 0.298 e. The molecule has 0 amide bonds. The Morgan fingerprint density at radius 3 is 2.71 bits per heavy atom.